The second-order valence-corrected chi connectivity index (χ2v) is 8.44. The Morgan fingerprint density at radius 1 is 1.21 bits per heavy atom. The summed E-state index contributed by atoms with van der Waals surface area (Å²) in [6, 6.07) is 8.30. The molecule has 1 aromatic heterocycles. The molecule has 0 saturated carbocycles. The standard InChI is InChI=1S/C23H30N4O/c1-16-6-8-18(9-7-16)17(2)23(28)27-11-4-5-19(15-27)22-24-13-20-14-26(3)12-10-21(20)25-22/h6-9,13,17,19H,4-5,10-12,14-15H2,1-3H3/t17-,19+/m0/s1. The third-order valence-electron chi connectivity index (χ3n) is 6.19. The fourth-order valence-corrected chi connectivity index (χ4v) is 4.33. The van der Waals surface area contributed by atoms with E-state index in [0.717, 1.165) is 56.8 Å². The van der Waals surface area contributed by atoms with E-state index in [2.05, 4.69) is 48.1 Å². The molecule has 2 aliphatic heterocycles. The maximum absolute atomic E-state index is 13.1. The van der Waals surface area contributed by atoms with Crippen molar-refractivity contribution in [2.75, 3.05) is 26.7 Å². The number of aromatic nitrogens is 2. The van der Waals surface area contributed by atoms with Gasteiger partial charge in [-0.3, -0.25) is 4.79 Å². The zero-order valence-corrected chi connectivity index (χ0v) is 17.2. The van der Waals surface area contributed by atoms with Gasteiger partial charge in [0.05, 0.1) is 5.92 Å². The highest BCUT2D eigenvalue weighted by molar-refractivity contribution is 5.83. The van der Waals surface area contributed by atoms with E-state index in [1.807, 2.05) is 18.0 Å². The van der Waals surface area contributed by atoms with Crippen LogP contribution in [0, 0.1) is 6.92 Å². The smallest absolute Gasteiger partial charge is 0.229 e. The molecule has 1 aromatic carbocycles. The Morgan fingerprint density at radius 3 is 2.79 bits per heavy atom. The number of carbonyl (C=O) groups is 1. The van der Waals surface area contributed by atoms with Crippen molar-refractivity contribution in [3.63, 3.8) is 0 Å². The van der Waals surface area contributed by atoms with Crippen molar-refractivity contribution in [1.29, 1.82) is 0 Å². The number of hydrogen-bond donors (Lipinski definition) is 0. The summed E-state index contributed by atoms with van der Waals surface area (Å²) in [6.45, 7) is 7.63. The average Bonchev–Trinajstić information content (AvgIpc) is 2.73. The molecule has 5 heteroatoms. The van der Waals surface area contributed by atoms with Gasteiger partial charge in [-0.05, 0) is 39.3 Å². The summed E-state index contributed by atoms with van der Waals surface area (Å²) >= 11 is 0. The van der Waals surface area contributed by atoms with Gasteiger partial charge in [0.1, 0.15) is 5.82 Å². The fraction of sp³-hybridized carbons (Fsp3) is 0.522. The van der Waals surface area contributed by atoms with E-state index in [4.69, 9.17) is 4.98 Å². The fourth-order valence-electron chi connectivity index (χ4n) is 4.33. The topological polar surface area (TPSA) is 49.3 Å². The minimum absolute atomic E-state index is 0.112. The highest BCUT2D eigenvalue weighted by Gasteiger charge is 2.30. The zero-order chi connectivity index (χ0) is 19.7. The Bertz CT molecular complexity index is 848. The van der Waals surface area contributed by atoms with E-state index in [1.54, 1.807) is 0 Å². The highest BCUT2D eigenvalue weighted by Crippen LogP contribution is 2.28. The first kappa shape index (κ1) is 19.1. The van der Waals surface area contributed by atoms with Crippen molar-refractivity contribution in [2.24, 2.45) is 0 Å². The monoisotopic (exact) mass is 378 g/mol. The number of amides is 1. The normalized spacial score (nSPS) is 21.2. The number of likely N-dealkylation sites (tertiary alicyclic amines) is 1. The predicted molar refractivity (Wildman–Crippen MR) is 110 cm³/mol. The van der Waals surface area contributed by atoms with Crippen LogP contribution in [-0.2, 0) is 17.8 Å². The summed E-state index contributed by atoms with van der Waals surface area (Å²) in [5.74, 6) is 1.27. The van der Waals surface area contributed by atoms with Gasteiger partial charge in [0.2, 0.25) is 5.91 Å². The van der Waals surface area contributed by atoms with Gasteiger partial charge in [-0.25, -0.2) is 9.97 Å². The summed E-state index contributed by atoms with van der Waals surface area (Å²) in [5, 5.41) is 0. The number of piperidine rings is 1. The number of likely N-dealkylation sites (N-methyl/N-ethyl adjacent to an activating group) is 1. The average molecular weight is 379 g/mol. The number of rotatable bonds is 3. The Labute approximate surface area is 167 Å². The Hall–Kier alpha value is -2.27. The third kappa shape index (κ3) is 3.95. The SMILES string of the molecule is Cc1ccc([C@H](C)C(=O)N2CCC[C@@H](c3ncc4c(n3)CCN(C)C4)C2)cc1. The molecule has 1 saturated heterocycles. The summed E-state index contributed by atoms with van der Waals surface area (Å²) in [4.78, 5) is 27.0. The quantitative estimate of drug-likeness (QED) is 0.822. The van der Waals surface area contributed by atoms with Crippen LogP contribution in [0.25, 0.3) is 0 Å². The molecule has 0 aliphatic carbocycles. The first-order chi connectivity index (χ1) is 13.5. The second kappa shape index (κ2) is 8.00. The molecule has 2 aliphatic rings. The summed E-state index contributed by atoms with van der Waals surface area (Å²) in [5.41, 5.74) is 4.75. The van der Waals surface area contributed by atoms with Gasteiger partial charge in [-0.2, -0.15) is 0 Å². The molecule has 2 aromatic rings. The van der Waals surface area contributed by atoms with Crippen molar-refractivity contribution in [2.45, 2.75) is 51.5 Å². The number of hydrogen-bond acceptors (Lipinski definition) is 4. The molecule has 0 bridgehead atoms. The van der Waals surface area contributed by atoms with Crippen LogP contribution in [0.4, 0.5) is 0 Å². The number of benzene rings is 1. The molecule has 0 spiro atoms. The molecule has 0 unspecified atom stereocenters. The zero-order valence-electron chi connectivity index (χ0n) is 17.2. The number of carbonyl (C=O) groups excluding carboxylic acids is 1. The van der Waals surface area contributed by atoms with Gasteiger partial charge in [0.25, 0.3) is 0 Å². The van der Waals surface area contributed by atoms with Gasteiger partial charge in [0.15, 0.2) is 0 Å². The first-order valence-electron chi connectivity index (χ1n) is 10.4. The van der Waals surface area contributed by atoms with Crippen molar-refractivity contribution in [1.82, 2.24) is 19.8 Å². The van der Waals surface area contributed by atoms with Crippen molar-refractivity contribution in [3.8, 4) is 0 Å². The van der Waals surface area contributed by atoms with Crippen LogP contribution in [0.1, 0.15) is 59.8 Å². The summed E-state index contributed by atoms with van der Waals surface area (Å²) < 4.78 is 0. The molecule has 0 N–H and O–H groups in total. The van der Waals surface area contributed by atoms with Crippen molar-refractivity contribution < 1.29 is 4.79 Å². The molecule has 1 amide bonds. The molecule has 28 heavy (non-hydrogen) atoms. The van der Waals surface area contributed by atoms with Crippen LogP contribution in [0.5, 0.6) is 0 Å². The third-order valence-corrected chi connectivity index (χ3v) is 6.19. The Morgan fingerprint density at radius 2 is 2.00 bits per heavy atom. The van der Waals surface area contributed by atoms with Crippen LogP contribution in [0.3, 0.4) is 0 Å². The van der Waals surface area contributed by atoms with E-state index < -0.39 is 0 Å². The van der Waals surface area contributed by atoms with Crippen LogP contribution in [0.2, 0.25) is 0 Å². The van der Waals surface area contributed by atoms with Gasteiger partial charge in [-0.15, -0.1) is 0 Å². The number of fused-ring (bicyclic) bond motifs is 1. The lowest BCUT2D eigenvalue weighted by molar-refractivity contribution is -0.133. The van der Waals surface area contributed by atoms with Gasteiger partial charge in [0, 0.05) is 56.0 Å². The minimum atomic E-state index is -0.112. The van der Waals surface area contributed by atoms with Gasteiger partial charge >= 0.3 is 0 Å². The van der Waals surface area contributed by atoms with Gasteiger partial charge < -0.3 is 9.80 Å². The molecule has 4 rings (SSSR count). The largest absolute Gasteiger partial charge is 0.341 e. The molecule has 1 fully saturated rings. The first-order valence-corrected chi connectivity index (χ1v) is 10.4. The second-order valence-electron chi connectivity index (χ2n) is 8.44. The number of aryl methyl sites for hydroxylation is 1. The number of nitrogens with zero attached hydrogens (tertiary/aromatic N) is 4. The van der Waals surface area contributed by atoms with Crippen LogP contribution >= 0.6 is 0 Å². The maximum atomic E-state index is 13.1. The van der Waals surface area contributed by atoms with E-state index in [9.17, 15) is 4.79 Å². The molecule has 2 atom stereocenters. The van der Waals surface area contributed by atoms with Crippen molar-refractivity contribution in [3.05, 3.63) is 58.7 Å². The van der Waals surface area contributed by atoms with Crippen LogP contribution in [-0.4, -0.2) is 52.4 Å². The Kier molecular flexibility index (Phi) is 5.44. The molecular formula is C23H30N4O. The lowest BCUT2D eigenvalue weighted by Crippen LogP contribution is -2.41. The van der Waals surface area contributed by atoms with E-state index in [1.165, 1.54) is 16.8 Å². The van der Waals surface area contributed by atoms with Crippen molar-refractivity contribution >= 4 is 5.91 Å². The molecule has 0 radical (unpaired) electrons. The molecule has 3 heterocycles. The Balaban J connectivity index is 1.47. The van der Waals surface area contributed by atoms with E-state index in [-0.39, 0.29) is 17.7 Å². The summed E-state index contributed by atoms with van der Waals surface area (Å²) in [7, 11) is 2.14. The highest BCUT2D eigenvalue weighted by atomic mass is 16.2. The summed E-state index contributed by atoms with van der Waals surface area (Å²) in [6.07, 6.45) is 5.06. The lowest BCUT2D eigenvalue weighted by Gasteiger charge is -2.34. The van der Waals surface area contributed by atoms with E-state index in [0.29, 0.717) is 0 Å². The molecular weight excluding hydrogens is 348 g/mol. The van der Waals surface area contributed by atoms with Gasteiger partial charge in [-0.1, -0.05) is 29.8 Å². The van der Waals surface area contributed by atoms with Crippen LogP contribution < -0.4 is 0 Å². The van der Waals surface area contributed by atoms with Crippen LogP contribution in [0.15, 0.2) is 30.5 Å². The minimum Gasteiger partial charge on any atom is -0.341 e. The molecule has 5 nitrogen and oxygen atoms in total. The predicted octanol–water partition coefficient (Wildman–Crippen LogP) is 3.28. The maximum Gasteiger partial charge on any atom is 0.229 e. The lowest BCUT2D eigenvalue weighted by atomic mass is 9.93. The molecule has 148 valence electrons. The van der Waals surface area contributed by atoms with E-state index >= 15 is 0 Å².